The van der Waals surface area contributed by atoms with E-state index in [4.69, 9.17) is 9.40 Å². The maximum Gasteiger partial charge on any atom is 0.227 e. The van der Waals surface area contributed by atoms with Crippen LogP contribution >= 0.6 is 0 Å². The molecule has 0 fully saturated rings. The molecule has 0 aliphatic heterocycles. The van der Waals surface area contributed by atoms with Crippen molar-refractivity contribution >= 4 is 60.7 Å². The summed E-state index contributed by atoms with van der Waals surface area (Å²) in [5, 5.41) is 4.71. The van der Waals surface area contributed by atoms with Gasteiger partial charge in [0.05, 0.1) is 16.7 Å². The highest BCUT2D eigenvalue weighted by Gasteiger charge is 2.20. The van der Waals surface area contributed by atoms with Crippen molar-refractivity contribution in [3.8, 4) is 39.4 Å². The summed E-state index contributed by atoms with van der Waals surface area (Å²) in [6.45, 7) is 0. The number of hydrogen-bond acceptors (Lipinski definition) is 3. The average molecular weight is 730 g/mol. The van der Waals surface area contributed by atoms with Crippen LogP contribution in [0.3, 0.4) is 0 Å². The van der Waals surface area contributed by atoms with Gasteiger partial charge in [0, 0.05) is 44.3 Å². The molecule has 0 atom stereocenters. The molecule has 0 spiro atoms. The van der Waals surface area contributed by atoms with Gasteiger partial charge in [-0.1, -0.05) is 140 Å². The summed E-state index contributed by atoms with van der Waals surface area (Å²) in [5.74, 6) is 0.625. The van der Waals surface area contributed by atoms with Gasteiger partial charge in [0.25, 0.3) is 0 Å². The molecular weight excluding hydrogens is 695 g/mol. The Kier molecular flexibility index (Phi) is 7.78. The Hall–Kier alpha value is -7.69. The van der Waals surface area contributed by atoms with E-state index in [0.717, 1.165) is 66.9 Å². The average Bonchev–Trinajstić information content (AvgIpc) is 3.88. The van der Waals surface area contributed by atoms with Crippen LogP contribution in [0.5, 0.6) is 0 Å². The van der Waals surface area contributed by atoms with Crippen LogP contribution in [0, 0.1) is 0 Å². The van der Waals surface area contributed by atoms with Crippen molar-refractivity contribution in [2.24, 2.45) is 0 Å². The topological polar surface area (TPSA) is 34.2 Å². The second-order valence-electron chi connectivity index (χ2n) is 14.4. The molecule has 268 valence electrons. The Bertz CT molecular complexity index is 3160. The van der Waals surface area contributed by atoms with Gasteiger partial charge in [-0.25, -0.2) is 4.98 Å². The van der Waals surface area contributed by atoms with Gasteiger partial charge in [0.2, 0.25) is 5.89 Å². The van der Waals surface area contributed by atoms with Gasteiger partial charge in [-0.3, -0.25) is 0 Å². The highest BCUT2D eigenvalue weighted by molar-refractivity contribution is 6.11. The van der Waals surface area contributed by atoms with E-state index in [9.17, 15) is 0 Å². The molecule has 4 heteroatoms. The minimum atomic E-state index is 0.625. The number of nitrogens with zero attached hydrogens (tertiary/aromatic N) is 3. The predicted molar refractivity (Wildman–Crippen MR) is 237 cm³/mol. The molecule has 0 bridgehead atoms. The van der Waals surface area contributed by atoms with E-state index in [0.29, 0.717) is 5.89 Å². The van der Waals surface area contributed by atoms with Gasteiger partial charge in [-0.15, -0.1) is 0 Å². The number of rotatable bonds is 7. The van der Waals surface area contributed by atoms with E-state index in [1.807, 2.05) is 30.3 Å². The summed E-state index contributed by atoms with van der Waals surface area (Å²) in [5.41, 5.74) is 13.9. The van der Waals surface area contributed by atoms with E-state index >= 15 is 0 Å². The van der Waals surface area contributed by atoms with E-state index < -0.39 is 0 Å². The molecule has 0 aliphatic rings. The number of oxazole rings is 1. The smallest absolute Gasteiger partial charge is 0.227 e. The minimum Gasteiger partial charge on any atom is -0.436 e. The maximum absolute atomic E-state index is 6.42. The molecule has 11 aromatic rings. The minimum absolute atomic E-state index is 0.625. The molecule has 0 saturated carbocycles. The van der Waals surface area contributed by atoms with Crippen molar-refractivity contribution in [2.75, 3.05) is 4.90 Å². The van der Waals surface area contributed by atoms with Gasteiger partial charge < -0.3 is 13.9 Å². The van der Waals surface area contributed by atoms with E-state index in [1.165, 1.54) is 27.4 Å². The zero-order valence-electron chi connectivity index (χ0n) is 31.0. The fraction of sp³-hybridized carbons (Fsp3) is 0. The van der Waals surface area contributed by atoms with Crippen LogP contribution in [-0.4, -0.2) is 9.55 Å². The van der Waals surface area contributed by atoms with Crippen LogP contribution in [0.4, 0.5) is 17.1 Å². The van der Waals surface area contributed by atoms with Crippen molar-refractivity contribution in [1.29, 1.82) is 0 Å². The van der Waals surface area contributed by atoms with Crippen LogP contribution < -0.4 is 4.90 Å². The molecule has 57 heavy (non-hydrogen) atoms. The molecule has 0 unspecified atom stereocenters. The van der Waals surface area contributed by atoms with Crippen molar-refractivity contribution in [1.82, 2.24) is 9.55 Å². The lowest BCUT2D eigenvalue weighted by Gasteiger charge is -2.28. The number of para-hydroxylation sites is 3. The molecule has 0 saturated heterocycles. The summed E-state index contributed by atoms with van der Waals surface area (Å²) in [6, 6.07) is 75.2. The first-order chi connectivity index (χ1) is 28.3. The zero-order chi connectivity index (χ0) is 37.7. The van der Waals surface area contributed by atoms with E-state index in [2.05, 4.69) is 191 Å². The standard InChI is InChI=1S/C53H35N3O/c1-3-15-36(16-4-1)42-19-9-12-24-48(42)55(40-31-33-41(34-32-40)56-49-25-13-10-21-44(49)45-22-11-14-26-50(45)56)39-29-27-37(28-30-39)47-35-51-52(46-23-8-7-20-43(46)47)54-53(57-51)38-17-5-2-6-18-38/h1-35H. The Morgan fingerprint density at radius 3 is 1.58 bits per heavy atom. The van der Waals surface area contributed by atoms with E-state index in [-0.39, 0.29) is 0 Å². The maximum atomic E-state index is 6.42. The third kappa shape index (κ3) is 5.58. The largest absolute Gasteiger partial charge is 0.436 e. The molecule has 11 rings (SSSR count). The van der Waals surface area contributed by atoms with Crippen LogP contribution in [0.2, 0.25) is 0 Å². The van der Waals surface area contributed by atoms with Crippen LogP contribution in [0.15, 0.2) is 217 Å². The Morgan fingerprint density at radius 1 is 0.404 bits per heavy atom. The lowest BCUT2D eigenvalue weighted by atomic mass is 9.96. The Labute approximate surface area is 330 Å². The molecule has 2 aromatic heterocycles. The van der Waals surface area contributed by atoms with Crippen LogP contribution in [-0.2, 0) is 0 Å². The zero-order valence-corrected chi connectivity index (χ0v) is 31.0. The first kappa shape index (κ1) is 32.7. The monoisotopic (exact) mass is 729 g/mol. The molecular formula is C53H35N3O. The molecule has 0 N–H and O–H groups in total. The summed E-state index contributed by atoms with van der Waals surface area (Å²) < 4.78 is 8.78. The highest BCUT2D eigenvalue weighted by Crippen LogP contribution is 2.43. The first-order valence-corrected chi connectivity index (χ1v) is 19.3. The van der Waals surface area contributed by atoms with Gasteiger partial charge in [-0.05, 0) is 94.9 Å². The second-order valence-corrected chi connectivity index (χ2v) is 14.4. The first-order valence-electron chi connectivity index (χ1n) is 19.3. The molecule has 9 aromatic carbocycles. The Balaban J connectivity index is 1.04. The third-order valence-corrected chi connectivity index (χ3v) is 11.0. The number of hydrogen-bond donors (Lipinski definition) is 0. The van der Waals surface area contributed by atoms with Crippen molar-refractivity contribution < 1.29 is 4.42 Å². The van der Waals surface area contributed by atoms with Gasteiger partial charge in [0.1, 0.15) is 5.52 Å². The molecule has 0 aliphatic carbocycles. The lowest BCUT2D eigenvalue weighted by molar-refractivity contribution is 0.620. The van der Waals surface area contributed by atoms with Crippen molar-refractivity contribution in [3.63, 3.8) is 0 Å². The fourth-order valence-corrected chi connectivity index (χ4v) is 8.40. The highest BCUT2D eigenvalue weighted by atomic mass is 16.3. The van der Waals surface area contributed by atoms with Crippen molar-refractivity contribution in [2.45, 2.75) is 0 Å². The number of aromatic nitrogens is 2. The number of anilines is 3. The van der Waals surface area contributed by atoms with Gasteiger partial charge in [-0.2, -0.15) is 0 Å². The number of fused-ring (bicyclic) bond motifs is 6. The summed E-state index contributed by atoms with van der Waals surface area (Å²) in [6.07, 6.45) is 0. The molecule has 0 amide bonds. The summed E-state index contributed by atoms with van der Waals surface area (Å²) >= 11 is 0. The Morgan fingerprint density at radius 2 is 0.912 bits per heavy atom. The van der Waals surface area contributed by atoms with E-state index in [1.54, 1.807) is 0 Å². The normalized spacial score (nSPS) is 11.5. The summed E-state index contributed by atoms with van der Waals surface area (Å²) in [4.78, 5) is 7.33. The van der Waals surface area contributed by atoms with Crippen molar-refractivity contribution in [3.05, 3.63) is 212 Å². The third-order valence-electron chi connectivity index (χ3n) is 11.0. The van der Waals surface area contributed by atoms with Crippen LogP contribution in [0.25, 0.3) is 83.1 Å². The SMILES string of the molecule is c1ccc(-c2nc3c(cc(-c4ccc(N(c5ccc(-n6c7ccccc7c7ccccc76)cc5)c5ccccc5-c5ccccc5)cc4)c4ccccc43)o2)cc1. The predicted octanol–water partition coefficient (Wildman–Crippen LogP) is 14.5. The summed E-state index contributed by atoms with van der Waals surface area (Å²) in [7, 11) is 0. The molecule has 4 nitrogen and oxygen atoms in total. The molecule has 2 heterocycles. The fourth-order valence-electron chi connectivity index (χ4n) is 8.40. The van der Waals surface area contributed by atoms with Crippen LogP contribution in [0.1, 0.15) is 0 Å². The number of benzene rings is 9. The van der Waals surface area contributed by atoms with Gasteiger partial charge in [0.15, 0.2) is 5.58 Å². The lowest BCUT2D eigenvalue weighted by Crippen LogP contribution is -2.11. The quantitative estimate of drug-likeness (QED) is 0.164. The second kappa shape index (κ2) is 13.6. The van der Waals surface area contributed by atoms with Gasteiger partial charge >= 0.3 is 0 Å². The molecule has 0 radical (unpaired) electrons.